The van der Waals surface area contributed by atoms with Crippen LogP contribution in [0.1, 0.15) is 217 Å². The first-order valence-electron chi connectivity index (χ1n) is 33.0. The third-order valence-corrected chi connectivity index (χ3v) is 20.8. The molecule has 0 aliphatic heterocycles. The molecule has 0 saturated carbocycles. The highest BCUT2D eigenvalue weighted by atomic mass is 36.0. The van der Waals surface area contributed by atoms with Crippen molar-refractivity contribution in [1.29, 1.82) is 0 Å². The molecular weight excluding hydrogens is 1590 g/mol. The van der Waals surface area contributed by atoms with Gasteiger partial charge in [0.1, 0.15) is 15.7 Å². The molecule has 5 N–H and O–H groups in total. The molecule has 0 unspecified atom stereocenters. The number of carbonyl (C=O) groups excluding carboxylic acids is 4. The fraction of sp³-hybridized carbons (Fsp3) is 0.325. The number of thiazole rings is 4. The van der Waals surface area contributed by atoms with Crippen molar-refractivity contribution in [2.45, 2.75) is 169 Å². The van der Waals surface area contributed by atoms with Crippen LogP contribution in [-0.4, -0.2) is 57.5 Å². The third-order valence-electron chi connectivity index (χ3n) is 16.7. The van der Waals surface area contributed by atoms with E-state index in [4.69, 9.17) is 74.0 Å². The van der Waals surface area contributed by atoms with Crippen LogP contribution < -0.4 is 16.9 Å². The summed E-state index contributed by atoms with van der Waals surface area (Å²) in [6, 6.07) is 25.0. The van der Waals surface area contributed by atoms with Gasteiger partial charge in [-0.05, 0) is 238 Å². The number of nitrogens with one attached hydrogen (secondary N) is 1. The minimum absolute atomic E-state index is 0.00657. The highest BCUT2D eigenvalue weighted by Crippen LogP contribution is 2.61. The highest BCUT2D eigenvalue weighted by Gasteiger charge is 2.21. The molecule has 11 aromatic rings. The number of anilines is 2. The van der Waals surface area contributed by atoms with E-state index in [9.17, 15) is 28.5 Å². The largest absolute Gasteiger partial charge is 0.450 e. The number of benzene rings is 5. The number of carbonyl (C=O) groups is 4. The zero-order chi connectivity index (χ0) is 79.4. The van der Waals surface area contributed by atoms with Crippen LogP contribution in [0.5, 0.6) is 0 Å². The number of rotatable bonds is 12. The molecule has 0 fully saturated rings. The summed E-state index contributed by atoms with van der Waals surface area (Å²) in [5, 5.41) is 9.46. The summed E-state index contributed by atoms with van der Waals surface area (Å²) in [5.74, 6) is 1.49. The Hall–Kier alpha value is -5.87. The van der Waals surface area contributed by atoms with Gasteiger partial charge in [-0.1, -0.05) is 116 Å². The lowest BCUT2D eigenvalue weighted by molar-refractivity contribution is 0.0987. The molecule has 105 heavy (non-hydrogen) atoms. The predicted molar refractivity (Wildman–Crippen MR) is 456 cm³/mol. The molecule has 14 nitrogen and oxygen atoms in total. The van der Waals surface area contributed by atoms with E-state index in [1.54, 1.807) is 41.7 Å². The van der Waals surface area contributed by atoms with Gasteiger partial charge < -0.3 is 16.5 Å². The second-order valence-corrected chi connectivity index (χ2v) is 38.5. The number of pyridine rings is 2. The molecule has 0 atom stereocenters. The van der Waals surface area contributed by atoms with Gasteiger partial charge in [0.2, 0.25) is 0 Å². The van der Waals surface area contributed by atoms with Gasteiger partial charge in [-0.25, -0.2) is 24.9 Å². The van der Waals surface area contributed by atoms with E-state index in [1.165, 1.54) is 57.4 Å². The highest BCUT2D eigenvalue weighted by molar-refractivity contribution is 8.24. The maximum atomic E-state index is 12.5. The summed E-state index contributed by atoms with van der Waals surface area (Å²) in [5.41, 5.74) is 34.0. The fourth-order valence-electron chi connectivity index (χ4n) is 9.53. The molecule has 5 aromatic carbocycles. The molecule has 0 radical (unpaired) electrons. The molecule has 0 aliphatic rings. The average Bonchev–Trinajstić information content (AvgIpc) is 1.69. The number of nitrogens with zero attached hydrogens (tertiary/aromatic N) is 5. The number of hydrogen-bond donors (Lipinski definition) is 3. The van der Waals surface area contributed by atoms with Crippen molar-refractivity contribution < 1.29 is 23.7 Å². The summed E-state index contributed by atoms with van der Waals surface area (Å²) in [6.07, 6.45) is 0.230. The molecule has 6 heterocycles. The van der Waals surface area contributed by atoms with Crippen molar-refractivity contribution in [3.8, 4) is 21.4 Å². The van der Waals surface area contributed by atoms with Gasteiger partial charge in [-0.2, -0.15) is 34.4 Å². The van der Waals surface area contributed by atoms with E-state index in [0.29, 0.717) is 50.5 Å². The van der Waals surface area contributed by atoms with Gasteiger partial charge in [0.15, 0.2) is 32.8 Å². The van der Waals surface area contributed by atoms with Crippen molar-refractivity contribution in [1.82, 2.24) is 29.9 Å². The molecule has 0 spiro atoms. The van der Waals surface area contributed by atoms with E-state index in [-0.39, 0.29) is 29.2 Å². The number of nitrogens with two attached hydrogens (primary N) is 2. The fourth-order valence-corrected chi connectivity index (χ4v) is 13.6. The van der Waals surface area contributed by atoms with Crippen LogP contribution in [0.15, 0.2) is 105 Å². The Kier molecular flexibility index (Phi) is 36.8. The molecular formula is C77H88BCl8N8O6PS4. The van der Waals surface area contributed by atoms with Crippen LogP contribution in [0, 0.1) is 69.2 Å². The number of aryl methyl sites for hydroxylation is 7. The smallest absolute Gasteiger partial charge is 0.399 e. The number of ketones is 3. The number of hydrogen-bond acceptors (Lipinski definition) is 17. The molecule has 0 saturated heterocycles. The molecule has 11 rings (SSSR count). The van der Waals surface area contributed by atoms with E-state index in [0.717, 1.165) is 110 Å². The summed E-state index contributed by atoms with van der Waals surface area (Å²) in [4.78, 5) is 83.5. The second-order valence-electron chi connectivity index (χ2n) is 25.7. The van der Waals surface area contributed by atoms with Gasteiger partial charge in [0, 0.05) is 67.3 Å². The van der Waals surface area contributed by atoms with Crippen LogP contribution in [0.3, 0.4) is 0 Å². The lowest BCUT2D eigenvalue weighted by Gasteiger charge is -2.12. The Bertz CT molecular complexity index is 4940. The summed E-state index contributed by atoms with van der Waals surface area (Å²) < 4.78 is 9.51. The topological polar surface area (TPSA) is 235 Å². The van der Waals surface area contributed by atoms with Crippen LogP contribution in [-0.2, 0) is 11.0 Å². The number of aromatic nitrogens is 6. The Balaban J connectivity index is 0.000000267. The van der Waals surface area contributed by atoms with Crippen molar-refractivity contribution in [3.63, 3.8) is 0 Å². The van der Waals surface area contributed by atoms with Gasteiger partial charge in [0.25, 0.3) is 5.24 Å². The van der Waals surface area contributed by atoms with Gasteiger partial charge in [-0.3, -0.25) is 28.5 Å². The van der Waals surface area contributed by atoms with Gasteiger partial charge in [-0.15, -0.1) is 45.3 Å². The predicted octanol–water partition coefficient (Wildman–Crippen LogP) is 25.8. The molecule has 28 heteroatoms. The van der Waals surface area contributed by atoms with Gasteiger partial charge in [0.05, 0.1) is 44.5 Å². The van der Waals surface area contributed by atoms with Crippen molar-refractivity contribution in [2.75, 3.05) is 11.5 Å². The number of fused-ring (bicyclic) bond motifs is 2. The number of aromatic amines is 1. The normalized spacial score (nSPS) is 10.8. The monoisotopic (exact) mass is 1670 g/mol. The lowest BCUT2D eigenvalue weighted by Crippen LogP contribution is -2.10. The minimum Gasteiger partial charge on any atom is -0.399 e. The Morgan fingerprint density at radius 1 is 0.524 bits per heavy atom. The second kappa shape index (κ2) is 42.2. The maximum Gasteiger partial charge on any atom is 0.450 e. The first kappa shape index (κ1) is 91.5. The minimum atomic E-state index is -3.22. The van der Waals surface area contributed by atoms with E-state index < -0.39 is 15.4 Å². The van der Waals surface area contributed by atoms with E-state index in [2.05, 4.69) is 151 Å². The zero-order valence-corrected chi connectivity index (χ0v) is 72.6. The SMILES string of the molecule is CC(=O)c1ccc(C)c(C)c1CC(=O)c1nc(C(C)C)cs1.CC(=O)c1ccc(C)c(C)c1N.CC(C)c1csc(C(=O)Cl)n1.Cc1ccc2c(=O)cc(-c3nc(C(C)C)cs3)[nH]c2c1C.Cc1ccc2c(Cl)cc(-c3nc(C(C)C)cs3)nc2c1C.Cc1cccc(N)c1C.ClB(Cl)Cl.O=P(Cl)(Cl)Cl. The van der Waals surface area contributed by atoms with Crippen molar-refractivity contribution in [3.05, 3.63) is 221 Å². The summed E-state index contributed by atoms with van der Waals surface area (Å²) in [6.45, 7) is 40.0. The van der Waals surface area contributed by atoms with Gasteiger partial charge >= 0.3 is 10.2 Å². The number of H-pyrrole nitrogens is 1. The van der Waals surface area contributed by atoms with Crippen LogP contribution in [0.4, 0.5) is 11.4 Å². The van der Waals surface area contributed by atoms with Crippen LogP contribution >= 0.6 is 142 Å². The van der Waals surface area contributed by atoms with Crippen molar-refractivity contribution >= 4 is 203 Å². The molecule has 0 amide bonds. The summed E-state index contributed by atoms with van der Waals surface area (Å²) >= 11 is 45.8. The standard InChI is InChI=1S/C18H21NO2S.C17H17ClN2S.C17H18N2OS.C10H13NO.C8H11N.C7H8ClNOS.BCl3.Cl3OP/c1-10(2)16-9-22-18(19-16)17(21)8-15-12(4)11(3)6-7-14(15)13(5)20;1-9(2)15-8-21-17(20-15)14-7-13(18)12-6-5-10(3)11(4)16(12)19-14;1-9(2)14-8-21-17(19-14)13-7-15(20)12-6-5-10(3)11(4)16(12)18-13;1-6-4-5-9(8(3)12)10(11)7(6)2;1-6-4-3-5-8(9)7(6)2;1-4(2)5-3-11-7(9-5)6(8)10;2-1(3)4;1-5(2,3)4/h6-7,9-10H,8H2,1-5H3;5-9H,1-4H3;5-9H,1-4H3,(H,18,20);4-5H,11H2,1-3H3;3-5H,9H2,1-2H3;3-4H,1-2H3;;. The Morgan fingerprint density at radius 2 is 0.943 bits per heavy atom. The number of nitrogen functional groups attached to an aromatic ring is 2. The first-order chi connectivity index (χ1) is 48.8. The average molecular weight is 1680 g/mol. The van der Waals surface area contributed by atoms with E-state index in [1.807, 2.05) is 121 Å². The van der Waals surface area contributed by atoms with E-state index >= 15 is 0 Å². The van der Waals surface area contributed by atoms with Crippen LogP contribution in [0.2, 0.25) is 5.02 Å². The number of halogens is 8. The molecule has 0 aliphatic carbocycles. The maximum absolute atomic E-state index is 12.5. The molecule has 560 valence electrons. The summed E-state index contributed by atoms with van der Waals surface area (Å²) in [7, 11) is 0. The quantitative estimate of drug-likeness (QED) is 0.0340. The molecule has 0 bridgehead atoms. The first-order valence-corrected chi connectivity index (χ1v) is 43.0. The molecule has 6 aromatic heterocycles. The Morgan fingerprint density at radius 3 is 1.41 bits per heavy atom. The van der Waals surface area contributed by atoms with Crippen molar-refractivity contribution in [2.24, 2.45) is 0 Å². The Labute approximate surface area is 672 Å². The number of Topliss-reactive ketones (excluding diaryl/α,β-unsaturated/α-hetero) is 3. The third kappa shape index (κ3) is 28.0. The lowest BCUT2D eigenvalue weighted by atomic mass is 9.92. The van der Waals surface area contributed by atoms with Crippen LogP contribution in [0.25, 0.3) is 43.2 Å². The zero-order valence-electron chi connectivity index (χ0n) is 62.4.